The first kappa shape index (κ1) is 14.8. The summed E-state index contributed by atoms with van der Waals surface area (Å²) in [5.74, 6) is -0.299. The Morgan fingerprint density at radius 1 is 1.41 bits per heavy atom. The van der Waals surface area contributed by atoms with Crippen molar-refractivity contribution in [3.8, 4) is 5.75 Å². The first-order valence-electron chi connectivity index (χ1n) is 7.37. The number of carbonyl (C=O) groups is 2. The number of morpholine rings is 1. The van der Waals surface area contributed by atoms with Gasteiger partial charge in [0.05, 0.1) is 20.3 Å². The number of hydrogen-bond acceptors (Lipinski definition) is 4. The molecule has 0 radical (unpaired) electrons. The zero-order valence-corrected chi connectivity index (χ0v) is 12.4. The van der Waals surface area contributed by atoms with E-state index in [1.165, 1.54) is 4.90 Å². The fourth-order valence-electron chi connectivity index (χ4n) is 2.99. The van der Waals surface area contributed by atoms with E-state index < -0.39 is 12.0 Å². The Bertz CT molecular complexity index is 588. The Balaban J connectivity index is 1.70. The Morgan fingerprint density at radius 3 is 2.95 bits per heavy atom. The molecule has 1 amide bonds. The van der Waals surface area contributed by atoms with Crippen molar-refractivity contribution in [2.24, 2.45) is 5.92 Å². The highest BCUT2D eigenvalue weighted by Gasteiger charge is 2.48. The van der Waals surface area contributed by atoms with Gasteiger partial charge in [-0.25, -0.2) is 4.79 Å². The Hall–Kier alpha value is -2.08. The van der Waals surface area contributed by atoms with E-state index in [2.05, 4.69) is 0 Å². The Morgan fingerprint density at radius 2 is 2.23 bits per heavy atom. The van der Waals surface area contributed by atoms with Gasteiger partial charge < -0.3 is 19.5 Å². The maximum absolute atomic E-state index is 12.6. The molecule has 1 aliphatic carbocycles. The van der Waals surface area contributed by atoms with Crippen LogP contribution in [0.4, 0.5) is 0 Å². The second-order valence-electron chi connectivity index (χ2n) is 5.69. The van der Waals surface area contributed by atoms with E-state index in [1.807, 2.05) is 24.3 Å². The van der Waals surface area contributed by atoms with E-state index in [0.717, 1.165) is 17.7 Å². The molecule has 1 saturated heterocycles. The summed E-state index contributed by atoms with van der Waals surface area (Å²) in [7, 11) is 1.61. The third-order valence-electron chi connectivity index (χ3n) is 4.33. The number of ether oxygens (including phenoxy) is 2. The molecule has 6 nitrogen and oxygen atoms in total. The van der Waals surface area contributed by atoms with E-state index in [9.17, 15) is 14.7 Å². The summed E-state index contributed by atoms with van der Waals surface area (Å²) in [6.07, 6.45) is 0.760. The number of rotatable bonds is 4. The number of nitrogens with zero attached hydrogens (tertiary/aromatic N) is 1. The van der Waals surface area contributed by atoms with Crippen LogP contribution in [0.1, 0.15) is 17.9 Å². The summed E-state index contributed by atoms with van der Waals surface area (Å²) in [6.45, 7) is 0.806. The second kappa shape index (κ2) is 5.96. The van der Waals surface area contributed by atoms with Gasteiger partial charge in [0.25, 0.3) is 0 Å². The predicted octanol–water partition coefficient (Wildman–Crippen LogP) is 1.11. The molecule has 1 N–H and O–H groups in total. The van der Waals surface area contributed by atoms with Gasteiger partial charge in [-0.15, -0.1) is 0 Å². The van der Waals surface area contributed by atoms with Gasteiger partial charge in [0.1, 0.15) is 5.75 Å². The highest BCUT2D eigenvalue weighted by atomic mass is 16.5. The van der Waals surface area contributed by atoms with Gasteiger partial charge in [-0.2, -0.15) is 0 Å². The molecule has 2 aliphatic rings. The van der Waals surface area contributed by atoms with Crippen LogP contribution in [0.5, 0.6) is 5.75 Å². The third kappa shape index (κ3) is 2.78. The van der Waals surface area contributed by atoms with Gasteiger partial charge in [-0.3, -0.25) is 4.79 Å². The van der Waals surface area contributed by atoms with Crippen molar-refractivity contribution in [2.45, 2.75) is 18.4 Å². The largest absolute Gasteiger partial charge is 0.497 e. The minimum atomic E-state index is -1.01. The topological polar surface area (TPSA) is 76.1 Å². The maximum Gasteiger partial charge on any atom is 0.328 e. The lowest BCUT2D eigenvalue weighted by Crippen LogP contribution is -2.53. The monoisotopic (exact) mass is 305 g/mol. The van der Waals surface area contributed by atoms with Crippen molar-refractivity contribution < 1.29 is 24.2 Å². The average Bonchev–Trinajstić information content (AvgIpc) is 3.35. The SMILES string of the molecule is COc1cccc([C@@H]2C[C@H]2C(=O)N2CCOC[C@@H]2C(=O)O)c1. The lowest BCUT2D eigenvalue weighted by atomic mass is 10.1. The van der Waals surface area contributed by atoms with Crippen LogP contribution in [-0.2, 0) is 14.3 Å². The third-order valence-corrected chi connectivity index (χ3v) is 4.33. The molecular formula is C16H19NO5. The fourth-order valence-corrected chi connectivity index (χ4v) is 2.99. The Labute approximate surface area is 128 Å². The molecule has 6 heteroatoms. The minimum absolute atomic E-state index is 0.0671. The zero-order chi connectivity index (χ0) is 15.7. The number of amides is 1. The number of carboxylic acid groups (broad SMARTS) is 1. The first-order valence-corrected chi connectivity index (χ1v) is 7.37. The summed E-state index contributed by atoms with van der Waals surface area (Å²) < 4.78 is 10.4. The van der Waals surface area contributed by atoms with Gasteiger partial charge in [-0.1, -0.05) is 12.1 Å². The van der Waals surface area contributed by atoms with Gasteiger partial charge in [0.15, 0.2) is 6.04 Å². The number of benzene rings is 1. The summed E-state index contributed by atoms with van der Waals surface area (Å²) in [6, 6.07) is 6.82. The first-order chi connectivity index (χ1) is 10.6. The van der Waals surface area contributed by atoms with Crippen LogP contribution in [-0.4, -0.2) is 54.8 Å². The number of hydrogen-bond donors (Lipinski definition) is 1. The zero-order valence-electron chi connectivity index (χ0n) is 12.4. The van der Waals surface area contributed by atoms with Crippen LogP contribution in [0.25, 0.3) is 0 Å². The van der Waals surface area contributed by atoms with Crippen molar-refractivity contribution in [2.75, 3.05) is 26.9 Å². The van der Waals surface area contributed by atoms with Crippen LogP contribution in [0, 0.1) is 5.92 Å². The van der Waals surface area contributed by atoms with Crippen LogP contribution in [0.15, 0.2) is 24.3 Å². The molecule has 1 aromatic carbocycles. The highest BCUT2D eigenvalue weighted by Crippen LogP contribution is 2.49. The smallest absolute Gasteiger partial charge is 0.328 e. The second-order valence-corrected chi connectivity index (χ2v) is 5.69. The summed E-state index contributed by atoms with van der Waals surface area (Å²) in [5, 5.41) is 9.22. The quantitative estimate of drug-likeness (QED) is 0.902. The van der Waals surface area contributed by atoms with Gasteiger partial charge in [-0.05, 0) is 30.0 Å². The molecule has 0 spiro atoms. The lowest BCUT2D eigenvalue weighted by Gasteiger charge is -2.33. The van der Waals surface area contributed by atoms with Crippen LogP contribution in [0.2, 0.25) is 0 Å². The molecule has 0 aromatic heterocycles. The number of carboxylic acids is 1. The molecule has 1 heterocycles. The van der Waals surface area contributed by atoms with Crippen molar-refractivity contribution in [1.29, 1.82) is 0 Å². The molecule has 0 unspecified atom stereocenters. The Kier molecular flexibility index (Phi) is 4.02. The van der Waals surface area contributed by atoms with Crippen molar-refractivity contribution >= 4 is 11.9 Å². The molecule has 1 aromatic rings. The van der Waals surface area contributed by atoms with Crippen molar-refractivity contribution in [3.63, 3.8) is 0 Å². The van der Waals surface area contributed by atoms with Crippen molar-refractivity contribution in [1.82, 2.24) is 4.90 Å². The molecule has 2 fully saturated rings. The van der Waals surface area contributed by atoms with Gasteiger partial charge >= 0.3 is 5.97 Å². The van der Waals surface area contributed by atoms with Gasteiger partial charge in [0.2, 0.25) is 5.91 Å². The molecule has 118 valence electrons. The molecule has 3 rings (SSSR count). The summed E-state index contributed by atoms with van der Waals surface area (Å²) >= 11 is 0. The maximum atomic E-state index is 12.6. The van der Waals surface area contributed by atoms with Crippen molar-refractivity contribution in [3.05, 3.63) is 29.8 Å². The van der Waals surface area contributed by atoms with Crippen LogP contribution in [0.3, 0.4) is 0 Å². The highest BCUT2D eigenvalue weighted by molar-refractivity contribution is 5.88. The number of carbonyl (C=O) groups excluding carboxylic acids is 1. The van der Waals surface area contributed by atoms with E-state index in [1.54, 1.807) is 7.11 Å². The molecule has 1 aliphatic heterocycles. The fraction of sp³-hybridized carbons (Fsp3) is 0.500. The van der Waals surface area contributed by atoms with Crippen LogP contribution >= 0.6 is 0 Å². The van der Waals surface area contributed by atoms with Gasteiger partial charge in [0, 0.05) is 12.5 Å². The van der Waals surface area contributed by atoms with Crippen LogP contribution < -0.4 is 4.74 Å². The molecular weight excluding hydrogens is 286 g/mol. The number of aliphatic carboxylic acids is 1. The predicted molar refractivity (Wildman–Crippen MR) is 77.8 cm³/mol. The lowest BCUT2D eigenvalue weighted by molar-refractivity contribution is -0.158. The average molecular weight is 305 g/mol. The number of methoxy groups -OCH3 is 1. The summed E-state index contributed by atoms with van der Waals surface area (Å²) in [5.41, 5.74) is 1.07. The van der Waals surface area contributed by atoms with E-state index in [-0.39, 0.29) is 24.3 Å². The summed E-state index contributed by atoms with van der Waals surface area (Å²) in [4.78, 5) is 25.3. The van der Waals surface area contributed by atoms with E-state index >= 15 is 0 Å². The minimum Gasteiger partial charge on any atom is -0.497 e. The standard InChI is InChI=1S/C16H19NO5/c1-21-11-4-2-3-10(7-11)12-8-13(12)15(18)17-5-6-22-9-14(17)16(19)20/h2-4,7,12-14H,5-6,8-9H2,1H3,(H,19,20)/t12-,13+,14+/m0/s1. The normalized spacial score (nSPS) is 27.3. The molecule has 1 saturated carbocycles. The molecule has 3 atom stereocenters. The van der Waals surface area contributed by atoms with E-state index in [0.29, 0.717) is 13.2 Å². The molecule has 22 heavy (non-hydrogen) atoms. The molecule has 0 bridgehead atoms. The van der Waals surface area contributed by atoms with E-state index in [4.69, 9.17) is 9.47 Å².